The van der Waals surface area contributed by atoms with Gasteiger partial charge in [-0.05, 0) is 23.6 Å². The molecule has 2 aromatic rings. The average molecular weight is 337 g/mol. The van der Waals surface area contributed by atoms with Crippen molar-refractivity contribution in [3.8, 4) is 0 Å². The maximum Gasteiger partial charge on any atom is 0.153 e. The molecule has 2 aromatic carbocycles. The number of aldehydes is 1. The first-order valence-electron chi connectivity index (χ1n) is 8.61. The van der Waals surface area contributed by atoms with Crippen molar-refractivity contribution in [2.24, 2.45) is 0 Å². The van der Waals surface area contributed by atoms with Crippen LogP contribution >= 0.6 is 0 Å². The topological polar surface area (TPSA) is 38.8 Å². The third-order valence-corrected chi connectivity index (χ3v) is 4.26. The van der Waals surface area contributed by atoms with Gasteiger partial charge in [0.15, 0.2) is 6.23 Å². The molecular weight excluding hydrogens is 314 g/mol. The number of hydroxylamine groups is 2. The predicted octanol–water partition coefficient (Wildman–Crippen LogP) is 3.84. The number of hydrogen-bond acceptors (Lipinski definition) is 4. The van der Waals surface area contributed by atoms with E-state index in [-0.39, 0.29) is 12.3 Å². The third kappa shape index (κ3) is 4.42. The highest BCUT2D eigenvalue weighted by Crippen LogP contribution is 2.27. The number of carbonyl (C=O) groups is 1. The Bertz CT molecular complexity index is 687. The minimum atomic E-state index is -0.404. The fraction of sp³-hybridized carbons (Fsp3) is 0.286. The summed E-state index contributed by atoms with van der Waals surface area (Å²) in [6, 6.07) is 19.5. The lowest BCUT2D eigenvalue weighted by atomic mass is 10.1. The van der Waals surface area contributed by atoms with Crippen LogP contribution in [-0.4, -0.2) is 29.7 Å². The number of rotatable bonds is 7. The molecule has 1 fully saturated rings. The first-order chi connectivity index (χ1) is 12.3. The molecule has 0 radical (unpaired) electrons. The number of benzene rings is 2. The van der Waals surface area contributed by atoms with Gasteiger partial charge in [0.2, 0.25) is 0 Å². The molecule has 1 aliphatic rings. The molecule has 0 saturated carbocycles. The van der Waals surface area contributed by atoms with Crippen LogP contribution in [0.1, 0.15) is 24.5 Å². The molecule has 25 heavy (non-hydrogen) atoms. The molecule has 3 rings (SSSR count). The summed E-state index contributed by atoms with van der Waals surface area (Å²) in [7, 11) is 0. The largest absolute Gasteiger partial charge is 0.352 e. The second-order valence-corrected chi connectivity index (χ2v) is 5.99. The molecule has 4 nitrogen and oxygen atoms in total. The van der Waals surface area contributed by atoms with Gasteiger partial charge in [0.25, 0.3) is 0 Å². The highest BCUT2D eigenvalue weighted by molar-refractivity contribution is 5.59. The van der Waals surface area contributed by atoms with Crippen LogP contribution in [0.25, 0.3) is 6.08 Å². The number of nitrogens with zero attached hydrogens (tertiary/aromatic N) is 1. The van der Waals surface area contributed by atoms with E-state index in [0.717, 1.165) is 23.8 Å². The first kappa shape index (κ1) is 17.5. The fourth-order valence-electron chi connectivity index (χ4n) is 2.91. The molecule has 0 spiro atoms. The molecule has 0 bridgehead atoms. The summed E-state index contributed by atoms with van der Waals surface area (Å²) in [5.41, 5.74) is 2.13. The van der Waals surface area contributed by atoms with Crippen LogP contribution < -0.4 is 0 Å². The second-order valence-electron chi connectivity index (χ2n) is 5.99. The van der Waals surface area contributed by atoms with Crippen molar-refractivity contribution in [1.29, 1.82) is 0 Å². The van der Waals surface area contributed by atoms with Gasteiger partial charge in [0, 0.05) is 0 Å². The van der Waals surface area contributed by atoms with Crippen LogP contribution in [0.4, 0.5) is 0 Å². The minimum absolute atomic E-state index is 0.168. The molecule has 4 heteroatoms. The minimum Gasteiger partial charge on any atom is -0.352 e. The summed E-state index contributed by atoms with van der Waals surface area (Å²) in [5.74, 6) is 0. The Morgan fingerprint density at radius 1 is 1.08 bits per heavy atom. The number of carbonyl (C=O) groups excluding carboxylic acids is 1. The summed E-state index contributed by atoms with van der Waals surface area (Å²) in [6.45, 7) is 2.42. The zero-order chi connectivity index (χ0) is 17.5. The maximum atomic E-state index is 11.6. The van der Waals surface area contributed by atoms with Crippen LogP contribution in [-0.2, 0) is 21.0 Å². The van der Waals surface area contributed by atoms with Crippen molar-refractivity contribution in [2.45, 2.75) is 38.3 Å². The Morgan fingerprint density at radius 3 is 2.40 bits per heavy atom. The zero-order valence-electron chi connectivity index (χ0n) is 14.3. The van der Waals surface area contributed by atoms with E-state index in [1.807, 2.05) is 79.7 Å². The summed E-state index contributed by atoms with van der Waals surface area (Å²) in [5, 5.41) is 1.67. The van der Waals surface area contributed by atoms with E-state index in [1.54, 1.807) is 5.06 Å². The van der Waals surface area contributed by atoms with E-state index in [4.69, 9.17) is 9.57 Å². The van der Waals surface area contributed by atoms with E-state index >= 15 is 0 Å². The van der Waals surface area contributed by atoms with Gasteiger partial charge in [-0.1, -0.05) is 73.7 Å². The van der Waals surface area contributed by atoms with Gasteiger partial charge in [-0.25, -0.2) is 0 Å². The zero-order valence-corrected chi connectivity index (χ0v) is 14.3. The predicted molar refractivity (Wildman–Crippen MR) is 97.4 cm³/mol. The highest BCUT2D eigenvalue weighted by Gasteiger charge is 2.41. The number of hydrogen-bond donors (Lipinski definition) is 0. The quantitative estimate of drug-likeness (QED) is 0.720. The molecule has 0 aromatic heterocycles. The Labute approximate surface area is 148 Å². The van der Waals surface area contributed by atoms with E-state index in [1.165, 1.54) is 0 Å². The van der Waals surface area contributed by atoms with Crippen molar-refractivity contribution in [2.75, 3.05) is 0 Å². The molecular formula is C21H23NO3. The van der Waals surface area contributed by atoms with E-state index in [0.29, 0.717) is 6.61 Å². The third-order valence-electron chi connectivity index (χ3n) is 4.26. The molecule has 0 N–H and O–H groups in total. The molecule has 0 aliphatic carbocycles. The van der Waals surface area contributed by atoms with E-state index < -0.39 is 6.04 Å². The van der Waals surface area contributed by atoms with E-state index in [9.17, 15) is 4.79 Å². The van der Waals surface area contributed by atoms with Gasteiger partial charge >= 0.3 is 0 Å². The van der Waals surface area contributed by atoms with Crippen molar-refractivity contribution in [3.63, 3.8) is 0 Å². The van der Waals surface area contributed by atoms with Gasteiger partial charge in [0.1, 0.15) is 12.3 Å². The van der Waals surface area contributed by atoms with Crippen molar-refractivity contribution in [1.82, 2.24) is 5.06 Å². The van der Waals surface area contributed by atoms with Crippen LogP contribution in [0.3, 0.4) is 0 Å². The summed E-state index contributed by atoms with van der Waals surface area (Å²) in [6.07, 6.45) is 5.04. The lowest BCUT2D eigenvalue weighted by molar-refractivity contribution is -0.211. The number of ether oxygens (including phenoxy) is 1. The maximum absolute atomic E-state index is 11.6. The average Bonchev–Trinajstić information content (AvgIpc) is 3.03. The van der Waals surface area contributed by atoms with Crippen LogP contribution in [0.15, 0.2) is 66.7 Å². The standard InChI is InChI=1S/C21H23NO3/c1-2-20-19(15-23)22(24-16-18-11-7-4-8-12-18)21(25-20)14-13-17-9-5-3-6-10-17/h3-15,19-21H,2,16H2,1H3. The molecule has 1 aliphatic heterocycles. The smallest absolute Gasteiger partial charge is 0.153 e. The molecule has 130 valence electrons. The summed E-state index contributed by atoms with van der Waals surface area (Å²) < 4.78 is 6.02. The summed E-state index contributed by atoms with van der Waals surface area (Å²) >= 11 is 0. The Hall–Kier alpha value is -2.27. The second kappa shape index (κ2) is 8.72. The monoisotopic (exact) mass is 337 g/mol. The Kier molecular flexibility index (Phi) is 6.12. The van der Waals surface area contributed by atoms with Crippen molar-refractivity contribution in [3.05, 3.63) is 77.9 Å². The molecule has 3 unspecified atom stereocenters. The fourth-order valence-corrected chi connectivity index (χ4v) is 2.91. The molecule has 0 amide bonds. The van der Waals surface area contributed by atoms with Gasteiger partial charge in [-0.3, -0.25) is 4.84 Å². The van der Waals surface area contributed by atoms with Gasteiger partial charge < -0.3 is 9.53 Å². The van der Waals surface area contributed by atoms with Crippen LogP contribution in [0.5, 0.6) is 0 Å². The Balaban J connectivity index is 1.74. The molecule has 1 saturated heterocycles. The van der Waals surface area contributed by atoms with Crippen LogP contribution in [0.2, 0.25) is 0 Å². The van der Waals surface area contributed by atoms with Gasteiger partial charge in [-0.2, -0.15) is 0 Å². The summed E-state index contributed by atoms with van der Waals surface area (Å²) in [4.78, 5) is 17.5. The van der Waals surface area contributed by atoms with Crippen molar-refractivity contribution < 1.29 is 14.4 Å². The van der Waals surface area contributed by atoms with E-state index in [2.05, 4.69) is 0 Å². The van der Waals surface area contributed by atoms with Crippen LogP contribution in [0, 0.1) is 0 Å². The van der Waals surface area contributed by atoms with Gasteiger partial charge in [-0.15, -0.1) is 5.06 Å². The van der Waals surface area contributed by atoms with Gasteiger partial charge in [0.05, 0.1) is 12.7 Å². The lowest BCUT2D eigenvalue weighted by Gasteiger charge is -2.23. The SMILES string of the molecule is CCC1OC(C=Cc2ccccc2)N(OCc2ccccc2)C1C=O. The molecule has 3 atom stereocenters. The Morgan fingerprint density at radius 2 is 1.76 bits per heavy atom. The lowest BCUT2D eigenvalue weighted by Crippen LogP contribution is -2.39. The first-order valence-corrected chi connectivity index (χ1v) is 8.61. The highest BCUT2D eigenvalue weighted by atomic mass is 16.7. The normalized spacial score (nSPS) is 24.0. The van der Waals surface area contributed by atoms with Crippen molar-refractivity contribution >= 4 is 12.4 Å². The molecule has 1 heterocycles.